The highest BCUT2D eigenvalue weighted by Gasteiger charge is 2.30. The molecule has 1 aromatic rings. The minimum Gasteiger partial charge on any atom is -0.478 e. The van der Waals surface area contributed by atoms with E-state index in [1.54, 1.807) is 38.1 Å². The van der Waals surface area contributed by atoms with Crippen molar-refractivity contribution in [1.29, 1.82) is 0 Å². The van der Waals surface area contributed by atoms with Gasteiger partial charge < -0.3 is 5.11 Å². The van der Waals surface area contributed by atoms with Crippen molar-refractivity contribution in [3.05, 3.63) is 47.3 Å². The van der Waals surface area contributed by atoms with Gasteiger partial charge in [0.05, 0.1) is 5.69 Å². The van der Waals surface area contributed by atoms with E-state index >= 15 is 0 Å². The zero-order chi connectivity index (χ0) is 18.5. The fourth-order valence-corrected chi connectivity index (χ4v) is 2.06. The SMILES string of the molecule is CC(C=CC=C(C)c1cc(C(C)C)n(CC(F)(F)F)n1)=CC(=O)O. The first-order valence-electron chi connectivity index (χ1n) is 7.40. The van der Waals surface area contributed by atoms with Crippen molar-refractivity contribution in [2.24, 2.45) is 0 Å². The summed E-state index contributed by atoms with van der Waals surface area (Å²) in [7, 11) is 0. The first-order valence-corrected chi connectivity index (χ1v) is 7.40. The maximum absolute atomic E-state index is 12.7. The predicted octanol–water partition coefficient (Wildman–Crippen LogP) is 4.56. The van der Waals surface area contributed by atoms with Crippen molar-refractivity contribution in [2.75, 3.05) is 0 Å². The molecule has 1 rings (SSSR count). The van der Waals surface area contributed by atoms with Gasteiger partial charge in [-0.1, -0.05) is 32.1 Å². The van der Waals surface area contributed by atoms with Crippen LogP contribution in [-0.4, -0.2) is 27.0 Å². The molecule has 0 atom stereocenters. The van der Waals surface area contributed by atoms with E-state index in [1.165, 1.54) is 0 Å². The maximum Gasteiger partial charge on any atom is 0.408 e. The van der Waals surface area contributed by atoms with Crippen molar-refractivity contribution in [3.63, 3.8) is 0 Å². The van der Waals surface area contributed by atoms with Crippen LogP contribution in [0.25, 0.3) is 5.57 Å². The Kier molecular flexibility index (Phi) is 6.57. The topological polar surface area (TPSA) is 55.1 Å². The number of hydrogen-bond acceptors (Lipinski definition) is 2. The van der Waals surface area contributed by atoms with Crippen LogP contribution in [0.15, 0.2) is 35.9 Å². The predicted molar refractivity (Wildman–Crippen MR) is 86.6 cm³/mol. The number of aromatic nitrogens is 2. The van der Waals surface area contributed by atoms with E-state index in [2.05, 4.69) is 5.10 Å². The lowest BCUT2D eigenvalue weighted by Crippen LogP contribution is -2.20. The third-order valence-electron chi connectivity index (χ3n) is 3.19. The average molecular weight is 342 g/mol. The number of carboxylic acid groups (broad SMARTS) is 1. The molecule has 1 N–H and O–H groups in total. The Balaban J connectivity index is 3.04. The summed E-state index contributed by atoms with van der Waals surface area (Å²) in [5.41, 5.74) is 2.22. The number of alkyl halides is 3. The van der Waals surface area contributed by atoms with Gasteiger partial charge in [-0.05, 0) is 37.0 Å². The smallest absolute Gasteiger partial charge is 0.408 e. The van der Waals surface area contributed by atoms with Gasteiger partial charge >= 0.3 is 12.1 Å². The Morgan fingerprint density at radius 3 is 2.50 bits per heavy atom. The number of allylic oxidation sites excluding steroid dienone is 5. The fourth-order valence-electron chi connectivity index (χ4n) is 2.06. The lowest BCUT2D eigenvalue weighted by molar-refractivity contribution is -0.143. The zero-order valence-electron chi connectivity index (χ0n) is 14.1. The van der Waals surface area contributed by atoms with Crippen LogP contribution in [0.1, 0.15) is 45.0 Å². The number of carboxylic acids is 1. The summed E-state index contributed by atoms with van der Waals surface area (Å²) in [5.74, 6) is -1.12. The minimum atomic E-state index is -4.33. The summed E-state index contributed by atoms with van der Waals surface area (Å²) in [6, 6.07) is 1.65. The highest BCUT2D eigenvalue weighted by molar-refractivity contribution is 5.81. The number of carbonyl (C=O) groups is 1. The normalized spacial score (nSPS) is 14.0. The van der Waals surface area contributed by atoms with Gasteiger partial charge in [0, 0.05) is 11.8 Å². The second-order valence-electron chi connectivity index (χ2n) is 5.82. The summed E-state index contributed by atoms with van der Waals surface area (Å²) in [4.78, 5) is 10.5. The van der Waals surface area contributed by atoms with Gasteiger partial charge in [-0.15, -0.1) is 0 Å². The zero-order valence-corrected chi connectivity index (χ0v) is 14.1. The van der Waals surface area contributed by atoms with Gasteiger partial charge in [0.25, 0.3) is 0 Å². The largest absolute Gasteiger partial charge is 0.478 e. The first kappa shape index (κ1) is 19.7. The molecule has 0 unspecified atom stereocenters. The fraction of sp³-hybridized carbons (Fsp3) is 0.412. The molecule has 0 radical (unpaired) electrons. The average Bonchev–Trinajstić information content (AvgIpc) is 2.79. The van der Waals surface area contributed by atoms with Gasteiger partial charge in [-0.2, -0.15) is 18.3 Å². The van der Waals surface area contributed by atoms with E-state index in [0.717, 1.165) is 10.8 Å². The molecule has 0 aromatic carbocycles. The van der Waals surface area contributed by atoms with Gasteiger partial charge in [0.1, 0.15) is 6.54 Å². The Labute approximate surface area is 139 Å². The molecule has 1 aromatic heterocycles. The van der Waals surface area contributed by atoms with E-state index in [-0.39, 0.29) is 5.92 Å². The van der Waals surface area contributed by atoms with Gasteiger partial charge in [-0.3, -0.25) is 4.68 Å². The standard InChI is InChI=1S/C17H21F3N2O2/c1-11(2)15-9-14(21-22(15)10-17(18,19)20)13(4)7-5-6-12(3)8-16(23)24/h5-9,11H,10H2,1-4H3,(H,23,24). The molecular weight excluding hydrogens is 321 g/mol. The van der Waals surface area contributed by atoms with Crippen LogP contribution in [-0.2, 0) is 11.3 Å². The summed E-state index contributed by atoms with van der Waals surface area (Å²) < 4.78 is 38.9. The molecule has 0 aliphatic carbocycles. The van der Waals surface area contributed by atoms with Crippen LogP contribution < -0.4 is 0 Å². The molecule has 7 heteroatoms. The summed E-state index contributed by atoms with van der Waals surface area (Å²) in [6.45, 7) is 5.89. The molecule has 24 heavy (non-hydrogen) atoms. The number of hydrogen-bond donors (Lipinski definition) is 1. The highest BCUT2D eigenvalue weighted by atomic mass is 19.4. The molecule has 132 valence electrons. The molecule has 0 saturated carbocycles. The molecule has 0 fully saturated rings. The first-order chi connectivity index (χ1) is 11.0. The van der Waals surface area contributed by atoms with E-state index in [0.29, 0.717) is 22.5 Å². The van der Waals surface area contributed by atoms with Gasteiger partial charge in [0.2, 0.25) is 0 Å². The lowest BCUT2D eigenvalue weighted by Gasteiger charge is -2.11. The number of halogens is 3. The van der Waals surface area contributed by atoms with Gasteiger partial charge in [-0.25, -0.2) is 4.79 Å². The quantitative estimate of drug-likeness (QED) is 0.609. The van der Waals surface area contributed by atoms with Crippen molar-refractivity contribution in [3.8, 4) is 0 Å². The van der Waals surface area contributed by atoms with Crippen molar-refractivity contribution >= 4 is 11.5 Å². The van der Waals surface area contributed by atoms with Gasteiger partial charge in [0.15, 0.2) is 0 Å². The number of rotatable bonds is 6. The molecule has 0 aliphatic rings. The van der Waals surface area contributed by atoms with Crippen molar-refractivity contribution < 1.29 is 23.1 Å². The Hall–Kier alpha value is -2.31. The molecular formula is C17H21F3N2O2. The monoisotopic (exact) mass is 342 g/mol. The molecule has 1 heterocycles. The van der Waals surface area contributed by atoms with Crippen LogP contribution in [0.3, 0.4) is 0 Å². The summed E-state index contributed by atoms with van der Waals surface area (Å²) in [6.07, 6.45) is 1.66. The van der Waals surface area contributed by atoms with Crippen LogP contribution in [0.4, 0.5) is 13.2 Å². The van der Waals surface area contributed by atoms with Crippen molar-refractivity contribution in [2.45, 2.75) is 46.3 Å². The van der Waals surface area contributed by atoms with Crippen LogP contribution in [0.2, 0.25) is 0 Å². The van der Waals surface area contributed by atoms with Crippen molar-refractivity contribution in [1.82, 2.24) is 9.78 Å². The van der Waals surface area contributed by atoms with Crippen LogP contribution in [0.5, 0.6) is 0 Å². The Morgan fingerprint density at radius 2 is 2.00 bits per heavy atom. The maximum atomic E-state index is 12.7. The highest BCUT2D eigenvalue weighted by Crippen LogP contribution is 2.24. The Bertz CT molecular complexity index is 680. The summed E-state index contributed by atoms with van der Waals surface area (Å²) in [5, 5.41) is 12.7. The lowest BCUT2D eigenvalue weighted by atomic mass is 10.1. The summed E-state index contributed by atoms with van der Waals surface area (Å²) >= 11 is 0. The van der Waals surface area contributed by atoms with E-state index in [1.807, 2.05) is 13.8 Å². The van der Waals surface area contributed by atoms with E-state index < -0.39 is 18.7 Å². The third kappa shape index (κ3) is 6.44. The number of nitrogens with zero attached hydrogens (tertiary/aromatic N) is 2. The van der Waals surface area contributed by atoms with E-state index in [9.17, 15) is 18.0 Å². The molecule has 0 saturated heterocycles. The van der Waals surface area contributed by atoms with E-state index in [4.69, 9.17) is 5.11 Å². The van der Waals surface area contributed by atoms with Crippen LogP contribution in [0, 0.1) is 0 Å². The molecule has 0 spiro atoms. The molecule has 4 nitrogen and oxygen atoms in total. The third-order valence-corrected chi connectivity index (χ3v) is 3.19. The number of aliphatic carboxylic acids is 1. The minimum absolute atomic E-state index is 0.0855. The second-order valence-corrected chi connectivity index (χ2v) is 5.82. The van der Waals surface area contributed by atoms with Crippen LogP contribution >= 0.6 is 0 Å². The molecule has 0 aliphatic heterocycles. The molecule has 0 amide bonds. The molecule has 0 bridgehead atoms. The second kappa shape index (κ2) is 7.99. The Morgan fingerprint density at radius 1 is 1.38 bits per heavy atom.